The Labute approximate surface area is 219 Å². The Morgan fingerprint density at radius 1 is 0.838 bits per heavy atom. The highest BCUT2D eigenvalue weighted by atomic mass is 32.2. The second-order valence-corrected chi connectivity index (χ2v) is 10.9. The molecule has 4 rings (SSSR count). The van der Waals surface area contributed by atoms with Crippen molar-refractivity contribution in [2.75, 3.05) is 56.1 Å². The number of methoxy groups -OCH3 is 2. The van der Waals surface area contributed by atoms with Crippen LogP contribution < -0.4 is 18.7 Å². The number of piperazine rings is 1. The van der Waals surface area contributed by atoms with E-state index in [-0.39, 0.29) is 23.1 Å². The summed E-state index contributed by atoms with van der Waals surface area (Å²) in [6, 6.07) is 20.0. The van der Waals surface area contributed by atoms with E-state index in [9.17, 15) is 13.2 Å². The molecule has 1 aliphatic rings. The van der Waals surface area contributed by atoms with Crippen molar-refractivity contribution in [1.29, 1.82) is 0 Å². The lowest BCUT2D eigenvalue weighted by molar-refractivity contribution is -0.129. The summed E-state index contributed by atoms with van der Waals surface area (Å²) in [5.41, 5.74) is 3.27. The van der Waals surface area contributed by atoms with E-state index >= 15 is 0 Å². The number of carbonyl (C=O) groups is 1. The first-order valence-electron chi connectivity index (χ1n) is 12.1. The highest BCUT2D eigenvalue weighted by Crippen LogP contribution is 2.31. The van der Waals surface area contributed by atoms with Gasteiger partial charge in [0.2, 0.25) is 5.91 Å². The number of sulfonamides is 1. The maximum absolute atomic E-state index is 13.9. The SMILES string of the molecule is COc1ccc(N2CCN(C(=O)CN(c3ccc(C)cc3)S(=O)(=O)c3cc(C)ccc3OC)CC2)cc1. The minimum absolute atomic E-state index is 0.0349. The van der Waals surface area contributed by atoms with Crippen LogP contribution in [0.3, 0.4) is 0 Å². The predicted octanol–water partition coefficient (Wildman–Crippen LogP) is 3.86. The van der Waals surface area contributed by atoms with Crippen molar-refractivity contribution in [3.05, 3.63) is 77.9 Å². The summed E-state index contributed by atoms with van der Waals surface area (Å²) < 4.78 is 39.6. The van der Waals surface area contributed by atoms with E-state index in [0.29, 0.717) is 31.9 Å². The van der Waals surface area contributed by atoms with Gasteiger partial charge in [-0.1, -0.05) is 23.8 Å². The molecule has 0 spiro atoms. The summed E-state index contributed by atoms with van der Waals surface area (Å²) in [6.07, 6.45) is 0. The average molecular weight is 524 g/mol. The molecule has 9 heteroatoms. The first kappa shape index (κ1) is 26.3. The maximum Gasteiger partial charge on any atom is 0.268 e. The highest BCUT2D eigenvalue weighted by Gasteiger charge is 2.32. The molecule has 1 heterocycles. The van der Waals surface area contributed by atoms with Crippen molar-refractivity contribution in [2.24, 2.45) is 0 Å². The molecule has 0 aromatic heterocycles. The Bertz CT molecular complexity index is 1330. The van der Waals surface area contributed by atoms with E-state index < -0.39 is 10.0 Å². The molecule has 196 valence electrons. The van der Waals surface area contributed by atoms with Crippen molar-refractivity contribution in [3.63, 3.8) is 0 Å². The number of hydrogen-bond donors (Lipinski definition) is 0. The molecule has 3 aromatic rings. The van der Waals surface area contributed by atoms with E-state index in [4.69, 9.17) is 9.47 Å². The van der Waals surface area contributed by atoms with Crippen molar-refractivity contribution in [2.45, 2.75) is 18.7 Å². The molecule has 1 saturated heterocycles. The van der Waals surface area contributed by atoms with Gasteiger partial charge in [0.1, 0.15) is 22.9 Å². The fourth-order valence-corrected chi connectivity index (χ4v) is 6.02. The zero-order valence-electron chi connectivity index (χ0n) is 21.7. The number of carbonyl (C=O) groups excluding carboxylic acids is 1. The van der Waals surface area contributed by atoms with Crippen LogP contribution in [0.2, 0.25) is 0 Å². The number of nitrogens with zero attached hydrogens (tertiary/aromatic N) is 3. The van der Waals surface area contributed by atoms with E-state index in [1.807, 2.05) is 50.2 Å². The van der Waals surface area contributed by atoms with Gasteiger partial charge in [0.25, 0.3) is 10.0 Å². The van der Waals surface area contributed by atoms with Gasteiger partial charge in [-0.15, -0.1) is 0 Å². The minimum Gasteiger partial charge on any atom is -0.497 e. The van der Waals surface area contributed by atoms with Gasteiger partial charge in [0, 0.05) is 31.9 Å². The van der Waals surface area contributed by atoms with Crippen LogP contribution >= 0.6 is 0 Å². The van der Waals surface area contributed by atoms with E-state index in [1.54, 1.807) is 42.3 Å². The molecule has 0 saturated carbocycles. The lowest BCUT2D eigenvalue weighted by atomic mass is 10.2. The molecule has 0 N–H and O–H groups in total. The van der Waals surface area contributed by atoms with Gasteiger partial charge in [0.15, 0.2) is 0 Å². The van der Waals surface area contributed by atoms with Crippen molar-refractivity contribution in [3.8, 4) is 11.5 Å². The van der Waals surface area contributed by atoms with E-state index in [0.717, 1.165) is 22.6 Å². The lowest BCUT2D eigenvalue weighted by Gasteiger charge is -2.37. The number of aryl methyl sites for hydroxylation is 2. The van der Waals surface area contributed by atoms with Gasteiger partial charge in [-0.05, 0) is 67.9 Å². The number of ether oxygens (including phenoxy) is 2. The molecule has 1 aliphatic heterocycles. The highest BCUT2D eigenvalue weighted by molar-refractivity contribution is 7.93. The number of anilines is 2. The third-order valence-corrected chi connectivity index (χ3v) is 8.35. The van der Waals surface area contributed by atoms with Crippen molar-refractivity contribution >= 4 is 27.3 Å². The molecule has 0 radical (unpaired) electrons. The molecule has 1 amide bonds. The molecule has 0 atom stereocenters. The Morgan fingerprint density at radius 3 is 2.05 bits per heavy atom. The smallest absolute Gasteiger partial charge is 0.268 e. The zero-order chi connectivity index (χ0) is 26.6. The van der Waals surface area contributed by atoms with Crippen LogP contribution in [0, 0.1) is 13.8 Å². The lowest BCUT2D eigenvalue weighted by Crippen LogP contribution is -2.52. The zero-order valence-corrected chi connectivity index (χ0v) is 22.5. The second kappa shape index (κ2) is 11.1. The topological polar surface area (TPSA) is 79.4 Å². The van der Waals surface area contributed by atoms with Crippen LogP contribution in [0.1, 0.15) is 11.1 Å². The first-order valence-corrected chi connectivity index (χ1v) is 13.6. The summed E-state index contributed by atoms with van der Waals surface area (Å²) in [5, 5.41) is 0. The molecular weight excluding hydrogens is 490 g/mol. The number of hydrogen-bond acceptors (Lipinski definition) is 6. The monoisotopic (exact) mass is 523 g/mol. The van der Waals surface area contributed by atoms with Crippen LogP contribution in [-0.4, -0.2) is 66.2 Å². The Kier molecular flexibility index (Phi) is 7.92. The largest absolute Gasteiger partial charge is 0.497 e. The number of amides is 1. The van der Waals surface area contributed by atoms with Gasteiger partial charge in [-0.2, -0.15) is 0 Å². The van der Waals surface area contributed by atoms with E-state index in [2.05, 4.69) is 4.90 Å². The maximum atomic E-state index is 13.9. The van der Waals surface area contributed by atoms with Gasteiger partial charge >= 0.3 is 0 Å². The molecule has 37 heavy (non-hydrogen) atoms. The molecule has 0 bridgehead atoms. The third kappa shape index (κ3) is 5.83. The fraction of sp³-hybridized carbons (Fsp3) is 0.321. The number of benzene rings is 3. The van der Waals surface area contributed by atoms with Crippen LogP contribution in [0.15, 0.2) is 71.6 Å². The van der Waals surface area contributed by atoms with Gasteiger partial charge in [-0.3, -0.25) is 9.10 Å². The van der Waals surface area contributed by atoms with Crippen LogP contribution in [0.4, 0.5) is 11.4 Å². The first-order chi connectivity index (χ1) is 17.7. The third-order valence-electron chi connectivity index (χ3n) is 6.56. The van der Waals surface area contributed by atoms with Crippen LogP contribution in [0.5, 0.6) is 11.5 Å². The molecule has 3 aromatic carbocycles. The fourth-order valence-electron chi connectivity index (χ4n) is 4.36. The molecule has 1 fully saturated rings. The summed E-state index contributed by atoms with van der Waals surface area (Å²) in [7, 11) is -1.02. The second-order valence-electron chi connectivity index (χ2n) is 9.07. The van der Waals surface area contributed by atoms with E-state index in [1.165, 1.54) is 11.4 Å². The standard InChI is InChI=1S/C28H33N3O5S/c1-21-5-8-24(9-6-21)31(37(33,34)27-19-22(2)7-14-26(27)36-4)20-28(32)30-17-15-29(16-18-30)23-10-12-25(35-3)13-11-23/h5-14,19H,15-18,20H2,1-4H3. The minimum atomic E-state index is -4.09. The van der Waals surface area contributed by atoms with Gasteiger partial charge in [-0.25, -0.2) is 8.42 Å². The van der Waals surface area contributed by atoms with Crippen LogP contribution in [0.25, 0.3) is 0 Å². The van der Waals surface area contributed by atoms with Gasteiger partial charge in [0.05, 0.1) is 19.9 Å². The van der Waals surface area contributed by atoms with Crippen molar-refractivity contribution in [1.82, 2.24) is 4.90 Å². The quantitative estimate of drug-likeness (QED) is 0.446. The normalized spacial score (nSPS) is 13.8. The van der Waals surface area contributed by atoms with Crippen molar-refractivity contribution < 1.29 is 22.7 Å². The average Bonchev–Trinajstić information content (AvgIpc) is 2.92. The summed E-state index contributed by atoms with van der Waals surface area (Å²) in [5.74, 6) is 0.786. The Balaban J connectivity index is 1.56. The summed E-state index contributed by atoms with van der Waals surface area (Å²) >= 11 is 0. The van der Waals surface area contributed by atoms with Crippen LogP contribution in [-0.2, 0) is 14.8 Å². The van der Waals surface area contributed by atoms with Gasteiger partial charge < -0.3 is 19.3 Å². The molecular formula is C28H33N3O5S. The molecule has 0 unspecified atom stereocenters. The molecule has 8 nitrogen and oxygen atoms in total. The molecule has 0 aliphatic carbocycles. The Morgan fingerprint density at radius 2 is 1.46 bits per heavy atom. The predicted molar refractivity (Wildman–Crippen MR) is 145 cm³/mol. The summed E-state index contributed by atoms with van der Waals surface area (Å²) in [6.45, 7) is 5.76. The Hall–Kier alpha value is -3.72. The number of rotatable bonds is 8. The summed E-state index contributed by atoms with van der Waals surface area (Å²) in [4.78, 5) is 17.4.